The number of hydrogen-bond donors (Lipinski definition) is 1. The number of amides is 1. The average molecular weight is 390 g/mol. The number of ether oxygens (including phenoxy) is 1. The van der Waals surface area contributed by atoms with Gasteiger partial charge in [0.05, 0.1) is 12.8 Å². The lowest BCUT2D eigenvalue weighted by Crippen LogP contribution is -2.49. The summed E-state index contributed by atoms with van der Waals surface area (Å²) in [4.78, 5) is 29.7. The molecule has 8 heteroatoms. The van der Waals surface area contributed by atoms with E-state index in [-0.39, 0.29) is 5.91 Å². The minimum absolute atomic E-state index is 0.0812. The fourth-order valence-electron chi connectivity index (χ4n) is 3.25. The monoisotopic (exact) mass is 390 g/mol. The molecule has 1 aliphatic heterocycles. The number of pyridine rings is 1. The molecule has 1 amide bonds. The van der Waals surface area contributed by atoms with Crippen LogP contribution in [0.25, 0.3) is 0 Å². The fourth-order valence-corrected chi connectivity index (χ4v) is 3.25. The Balaban J connectivity index is 1.43. The van der Waals surface area contributed by atoms with E-state index in [0.717, 1.165) is 17.1 Å². The Labute approximate surface area is 169 Å². The predicted molar refractivity (Wildman–Crippen MR) is 111 cm³/mol. The van der Waals surface area contributed by atoms with Crippen LogP contribution in [-0.4, -0.2) is 59.0 Å². The van der Waals surface area contributed by atoms with Crippen LogP contribution in [0.5, 0.6) is 5.75 Å². The maximum Gasteiger partial charge on any atom is 0.272 e. The zero-order valence-corrected chi connectivity index (χ0v) is 16.2. The highest BCUT2D eigenvalue weighted by molar-refractivity contribution is 5.93. The standard InChI is InChI=1S/C21H22N6O2/c1-29-19-6-3-2-5-17(19)25-16-7-10-22-18(15-16)20(28)26-11-13-27(14-12-26)21-23-8-4-9-24-21/h2-10,15H,11-14H2,1H3,(H,22,25). The molecule has 2 aromatic heterocycles. The number of para-hydroxylation sites is 2. The van der Waals surface area contributed by atoms with Crippen molar-refractivity contribution >= 4 is 23.2 Å². The van der Waals surface area contributed by atoms with Gasteiger partial charge < -0.3 is 19.9 Å². The third-order valence-corrected chi connectivity index (χ3v) is 4.77. The highest BCUT2D eigenvalue weighted by atomic mass is 16.5. The van der Waals surface area contributed by atoms with Gasteiger partial charge in [-0.2, -0.15) is 0 Å². The minimum atomic E-state index is -0.0812. The van der Waals surface area contributed by atoms with E-state index in [1.165, 1.54) is 0 Å². The van der Waals surface area contributed by atoms with Gasteiger partial charge in [-0.15, -0.1) is 0 Å². The van der Waals surface area contributed by atoms with Crippen LogP contribution in [-0.2, 0) is 0 Å². The predicted octanol–water partition coefficient (Wildman–Crippen LogP) is 2.59. The van der Waals surface area contributed by atoms with E-state index < -0.39 is 0 Å². The summed E-state index contributed by atoms with van der Waals surface area (Å²) in [6.07, 6.45) is 5.09. The van der Waals surface area contributed by atoms with Gasteiger partial charge in [-0.1, -0.05) is 12.1 Å². The normalized spacial score (nSPS) is 13.8. The molecule has 3 aromatic rings. The summed E-state index contributed by atoms with van der Waals surface area (Å²) in [6.45, 7) is 2.58. The van der Waals surface area contributed by atoms with Crippen LogP contribution < -0.4 is 15.0 Å². The van der Waals surface area contributed by atoms with E-state index in [9.17, 15) is 4.79 Å². The zero-order valence-electron chi connectivity index (χ0n) is 16.2. The van der Waals surface area contributed by atoms with Crippen LogP contribution in [0.3, 0.4) is 0 Å². The quantitative estimate of drug-likeness (QED) is 0.717. The number of benzene rings is 1. The highest BCUT2D eigenvalue weighted by Crippen LogP contribution is 2.27. The van der Waals surface area contributed by atoms with E-state index >= 15 is 0 Å². The highest BCUT2D eigenvalue weighted by Gasteiger charge is 2.24. The van der Waals surface area contributed by atoms with E-state index in [4.69, 9.17) is 4.74 Å². The van der Waals surface area contributed by atoms with Gasteiger partial charge in [0.15, 0.2) is 0 Å². The molecule has 0 radical (unpaired) electrons. The molecule has 29 heavy (non-hydrogen) atoms. The average Bonchev–Trinajstić information content (AvgIpc) is 2.80. The fraction of sp³-hybridized carbons (Fsp3) is 0.238. The zero-order chi connectivity index (χ0) is 20.1. The topological polar surface area (TPSA) is 83.5 Å². The largest absolute Gasteiger partial charge is 0.495 e. The molecule has 1 N–H and O–H groups in total. The number of rotatable bonds is 5. The molecule has 0 unspecified atom stereocenters. The van der Waals surface area contributed by atoms with Crippen LogP contribution in [0.15, 0.2) is 61.1 Å². The molecule has 0 atom stereocenters. The maximum absolute atomic E-state index is 12.9. The Hall–Kier alpha value is -3.68. The molecule has 8 nitrogen and oxygen atoms in total. The van der Waals surface area contributed by atoms with Gasteiger partial charge in [0, 0.05) is 50.5 Å². The lowest BCUT2D eigenvalue weighted by Gasteiger charge is -2.34. The number of piperazine rings is 1. The number of nitrogens with zero attached hydrogens (tertiary/aromatic N) is 5. The molecule has 0 saturated carbocycles. The third kappa shape index (κ3) is 4.26. The van der Waals surface area contributed by atoms with E-state index in [0.29, 0.717) is 37.8 Å². The summed E-state index contributed by atoms with van der Waals surface area (Å²) in [5.74, 6) is 1.35. The second kappa shape index (κ2) is 8.55. The summed E-state index contributed by atoms with van der Waals surface area (Å²) in [5.41, 5.74) is 2.02. The van der Waals surface area contributed by atoms with Crippen molar-refractivity contribution in [2.45, 2.75) is 0 Å². The molecule has 1 aromatic carbocycles. The number of aromatic nitrogens is 3. The number of nitrogens with one attached hydrogen (secondary N) is 1. The Morgan fingerprint density at radius 3 is 2.48 bits per heavy atom. The molecule has 148 valence electrons. The molecular weight excluding hydrogens is 368 g/mol. The first-order chi connectivity index (χ1) is 14.2. The summed E-state index contributed by atoms with van der Waals surface area (Å²) < 4.78 is 5.37. The van der Waals surface area contributed by atoms with Crippen LogP contribution in [0, 0.1) is 0 Å². The second-order valence-corrected chi connectivity index (χ2v) is 6.58. The smallest absolute Gasteiger partial charge is 0.272 e. The lowest BCUT2D eigenvalue weighted by atomic mass is 10.2. The first-order valence-corrected chi connectivity index (χ1v) is 9.42. The van der Waals surface area contributed by atoms with Gasteiger partial charge in [0.2, 0.25) is 5.95 Å². The van der Waals surface area contributed by atoms with Crippen molar-refractivity contribution in [3.8, 4) is 5.75 Å². The van der Waals surface area contributed by atoms with Crippen molar-refractivity contribution in [2.24, 2.45) is 0 Å². The van der Waals surface area contributed by atoms with Crippen LogP contribution >= 0.6 is 0 Å². The molecule has 0 bridgehead atoms. The Kier molecular flexibility index (Phi) is 5.51. The van der Waals surface area contributed by atoms with Gasteiger partial charge in [0.25, 0.3) is 5.91 Å². The van der Waals surface area contributed by atoms with Crippen molar-refractivity contribution in [3.05, 3.63) is 66.7 Å². The first-order valence-electron chi connectivity index (χ1n) is 9.42. The molecule has 1 saturated heterocycles. The number of anilines is 3. The molecule has 1 aliphatic rings. The molecule has 0 aliphatic carbocycles. The Morgan fingerprint density at radius 2 is 1.72 bits per heavy atom. The lowest BCUT2D eigenvalue weighted by molar-refractivity contribution is 0.0740. The second-order valence-electron chi connectivity index (χ2n) is 6.58. The van der Waals surface area contributed by atoms with Crippen LogP contribution in [0.2, 0.25) is 0 Å². The van der Waals surface area contributed by atoms with Crippen molar-refractivity contribution < 1.29 is 9.53 Å². The summed E-state index contributed by atoms with van der Waals surface area (Å²) >= 11 is 0. The third-order valence-electron chi connectivity index (χ3n) is 4.77. The Bertz CT molecular complexity index is 974. The van der Waals surface area contributed by atoms with Crippen molar-refractivity contribution in [3.63, 3.8) is 0 Å². The number of carbonyl (C=O) groups excluding carboxylic acids is 1. The van der Waals surface area contributed by atoms with Crippen molar-refractivity contribution in [1.29, 1.82) is 0 Å². The van der Waals surface area contributed by atoms with Gasteiger partial charge >= 0.3 is 0 Å². The Morgan fingerprint density at radius 1 is 0.966 bits per heavy atom. The molecule has 0 spiro atoms. The summed E-state index contributed by atoms with van der Waals surface area (Å²) in [7, 11) is 1.63. The molecule has 3 heterocycles. The van der Waals surface area contributed by atoms with Gasteiger partial charge in [-0.3, -0.25) is 9.78 Å². The SMILES string of the molecule is COc1ccccc1Nc1ccnc(C(=O)N2CCN(c3ncccn3)CC2)c1. The maximum atomic E-state index is 12.9. The van der Waals surface area contributed by atoms with Gasteiger partial charge in [-0.05, 0) is 30.3 Å². The van der Waals surface area contributed by atoms with Gasteiger partial charge in [-0.25, -0.2) is 9.97 Å². The minimum Gasteiger partial charge on any atom is -0.495 e. The van der Waals surface area contributed by atoms with Gasteiger partial charge in [0.1, 0.15) is 11.4 Å². The first kappa shape index (κ1) is 18.7. The van der Waals surface area contributed by atoms with E-state index in [1.807, 2.05) is 35.2 Å². The van der Waals surface area contributed by atoms with E-state index in [2.05, 4.69) is 25.2 Å². The number of carbonyl (C=O) groups is 1. The number of methoxy groups -OCH3 is 1. The van der Waals surface area contributed by atoms with E-state index in [1.54, 1.807) is 37.8 Å². The summed E-state index contributed by atoms with van der Waals surface area (Å²) in [6, 6.07) is 13.0. The summed E-state index contributed by atoms with van der Waals surface area (Å²) in [5, 5.41) is 3.29. The molecular formula is C21H22N6O2. The number of hydrogen-bond acceptors (Lipinski definition) is 7. The van der Waals surface area contributed by atoms with Crippen LogP contribution in [0.4, 0.5) is 17.3 Å². The molecule has 4 rings (SSSR count). The van der Waals surface area contributed by atoms with Crippen molar-refractivity contribution in [1.82, 2.24) is 19.9 Å². The molecule has 1 fully saturated rings. The van der Waals surface area contributed by atoms with Crippen LogP contribution in [0.1, 0.15) is 10.5 Å². The van der Waals surface area contributed by atoms with Crippen molar-refractivity contribution in [2.75, 3.05) is 43.5 Å².